The lowest BCUT2D eigenvalue weighted by atomic mass is 10.3. The molecule has 0 saturated carbocycles. The number of nitrogens with one attached hydrogen (secondary N) is 5. The van der Waals surface area contributed by atoms with Crippen molar-refractivity contribution < 1.29 is 8.83 Å². The van der Waals surface area contributed by atoms with Gasteiger partial charge in [0, 0.05) is 134 Å². The van der Waals surface area contributed by atoms with Crippen LogP contribution in [0, 0.1) is 0 Å². The number of furan rings is 2. The molecular formula is C101H210N22O2S3. The zero-order chi connectivity index (χ0) is 88.4. The Morgan fingerprint density at radius 1 is 0.266 bits per heavy atom. The number of hydrogen-bond donors (Lipinski definition) is 5. The zero-order valence-electron chi connectivity index (χ0n) is 74.5. The summed E-state index contributed by atoms with van der Waals surface area (Å²) in [4.78, 5) is 38.3. The van der Waals surface area contributed by atoms with Crippen LogP contribution >= 0.6 is 34.2 Å². The molecule has 0 aliphatic carbocycles. The Bertz CT molecular complexity index is 2480. The molecular weight excluding hydrogens is 1650 g/mol. The molecule has 15 aromatic rings. The van der Waals surface area contributed by atoms with Crippen molar-refractivity contribution in [2.24, 2.45) is 20.7 Å². The van der Waals surface area contributed by atoms with Crippen LogP contribution in [-0.4, -0.2) is 96.5 Å². The van der Waals surface area contributed by atoms with E-state index < -0.39 is 0 Å². The molecule has 16 rings (SSSR count). The molecule has 0 amide bonds. The summed E-state index contributed by atoms with van der Waals surface area (Å²) in [6, 6.07) is 40.4. The van der Waals surface area contributed by atoms with Crippen molar-refractivity contribution in [2.45, 2.75) is 319 Å². The summed E-state index contributed by atoms with van der Waals surface area (Å²) in [6.07, 6.45) is 45.4. The molecule has 0 fully saturated rings. The third kappa shape index (κ3) is 233. The first kappa shape index (κ1) is 203. The van der Waals surface area contributed by atoms with E-state index in [0.29, 0.717) is 6.67 Å². The Labute approximate surface area is 807 Å². The Morgan fingerprint density at radius 2 is 0.695 bits per heavy atom. The van der Waals surface area contributed by atoms with Crippen molar-refractivity contribution in [2.75, 3.05) is 6.67 Å². The average Bonchev–Trinajstić information content (AvgIpc) is 1.74. The van der Waals surface area contributed by atoms with Crippen LogP contribution in [0.4, 0.5) is 0 Å². The number of pyridine rings is 1. The molecule has 24 nitrogen and oxygen atoms in total. The number of benzene rings is 1. The van der Waals surface area contributed by atoms with Crippen LogP contribution in [0.1, 0.15) is 319 Å². The van der Waals surface area contributed by atoms with Crippen molar-refractivity contribution in [3.8, 4) is 0 Å². The van der Waals surface area contributed by atoms with Gasteiger partial charge in [0.2, 0.25) is 0 Å². The first-order valence-electron chi connectivity index (χ1n) is 39.0. The summed E-state index contributed by atoms with van der Waals surface area (Å²) in [5.74, 6) is 0. The highest BCUT2D eigenvalue weighted by molar-refractivity contribution is 7.07. The molecule has 1 aromatic carbocycles. The van der Waals surface area contributed by atoms with Crippen LogP contribution in [0.5, 0.6) is 0 Å². The number of para-hydroxylation sites is 1. The molecule has 14 aromatic heterocycles. The van der Waals surface area contributed by atoms with E-state index in [2.05, 4.69) is 137 Å². The lowest BCUT2D eigenvalue weighted by molar-refractivity contribution is 0.567. The van der Waals surface area contributed by atoms with Gasteiger partial charge in [-0.25, -0.2) is 24.3 Å². The van der Waals surface area contributed by atoms with Crippen LogP contribution in [0.2, 0.25) is 0 Å². The standard InChI is InChI=1S/C8H7N.C5H5N.3C4H4N2.C4H5N.2C4H4O.C4H4S.2C3H4N2.2C3H3NS.C2H3N3.15C2H6.CH2N4.15CH4/c1-2-4-8-7(3-1)5-6-9-8;1-2-4-6-5-3-1;1-2-6-4-3-5-1;1-2-5-4-6-3-1;1-2-4-6-5-3-1;4*1-2-4-5-3-1;1-2-5-3-4-1;1-2-4-5-3-1;1-2-5-3-4-1;1-2-4-5-3-1;1-3-2-5-4-1;15*1-2;1-2-4-5-3-1;;;;;;;;;;;;;;;/h1-6,9H;1-5H;3*1-4H;1-5H;3*1-4H;2*1-3H,(H,4,5);2*1-3H;1-2H,(H,3,4,5);15*1-2H3;1H2;15*1H4. The van der Waals surface area contributed by atoms with E-state index in [1.54, 1.807) is 165 Å². The zero-order valence-corrected chi connectivity index (χ0v) is 76.9. The molecule has 0 saturated heterocycles. The third-order valence-corrected chi connectivity index (χ3v) is 9.04. The predicted octanol–water partition coefficient (Wildman–Crippen LogP) is 38.6. The van der Waals surface area contributed by atoms with Gasteiger partial charge in [-0.15, -0.1) is 21.6 Å². The van der Waals surface area contributed by atoms with Gasteiger partial charge in [-0.1, -0.05) is 356 Å². The van der Waals surface area contributed by atoms with Crippen molar-refractivity contribution in [1.29, 1.82) is 0 Å². The van der Waals surface area contributed by atoms with Gasteiger partial charge >= 0.3 is 0 Å². The Hall–Kier alpha value is -11.3. The topological polar surface area (TPSA) is 322 Å². The van der Waals surface area contributed by atoms with Crippen molar-refractivity contribution in [3.05, 3.63) is 323 Å². The lowest BCUT2D eigenvalue weighted by Gasteiger charge is -1.83. The lowest BCUT2D eigenvalue weighted by Crippen LogP contribution is -1.69. The van der Waals surface area contributed by atoms with E-state index in [1.165, 1.54) is 41.4 Å². The fraction of sp³-hybridized carbons (Fsp3) is 0.455. The number of hydrogen-bond acceptors (Lipinski definition) is 22. The van der Waals surface area contributed by atoms with E-state index in [4.69, 9.17) is 0 Å². The highest BCUT2D eigenvalue weighted by Gasteiger charge is 1.87. The van der Waals surface area contributed by atoms with Gasteiger partial charge in [0.15, 0.2) is 6.67 Å². The number of imidazole rings is 1. The molecule has 0 radical (unpaired) electrons. The number of thiazole rings is 1. The molecule has 27 heteroatoms. The fourth-order valence-electron chi connectivity index (χ4n) is 4.12. The van der Waals surface area contributed by atoms with Gasteiger partial charge in [0.25, 0.3) is 0 Å². The maximum atomic E-state index is 4.58. The molecule has 0 atom stereocenters. The maximum Gasteiger partial charge on any atom is 0.175 e. The van der Waals surface area contributed by atoms with Gasteiger partial charge in [0.1, 0.15) is 19.0 Å². The van der Waals surface area contributed by atoms with Gasteiger partial charge in [0.05, 0.1) is 36.9 Å². The van der Waals surface area contributed by atoms with Crippen molar-refractivity contribution in [3.63, 3.8) is 0 Å². The number of nitrogens with zero attached hydrogens (tertiary/aromatic N) is 17. The van der Waals surface area contributed by atoms with Gasteiger partial charge in [-0.05, 0) is 129 Å². The van der Waals surface area contributed by atoms with E-state index in [1.807, 2.05) is 351 Å². The first-order chi connectivity index (χ1) is 56.5. The van der Waals surface area contributed by atoms with Crippen molar-refractivity contribution >= 4 is 45.1 Å². The van der Waals surface area contributed by atoms with Crippen molar-refractivity contribution in [1.82, 2.24) is 89.8 Å². The third-order valence-electron chi connectivity index (χ3n) is 7.37. The van der Waals surface area contributed by atoms with Crippen LogP contribution in [0.25, 0.3) is 10.9 Å². The maximum absolute atomic E-state index is 4.58. The number of fused-ring (bicyclic) bond motifs is 1. The quantitative estimate of drug-likeness (QED) is 0.0942. The number of aromatic amines is 5. The second-order valence-corrected chi connectivity index (χ2v) is 15.5. The monoisotopic (exact) mass is 1860 g/mol. The summed E-state index contributed by atoms with van der Waals surface area (Å²) in [5, 5.41) is 41.6. The van der Waals surface area contributed by atoms with Gasteiger partial charge in [-0.3, -0.25) is 30.1 Å². The summed E-state index contributed by atoms with van der Waals surface area (Å²) >= 11 is 4.78. The fourth-order valence-corrected chi connectivity index (χ4v) is 5.27. The van der Waals surface area contributed by atoms with E-state index in [0.717, 1.165) is 0 Å². The largest absolute Gasteiger partial charge is 0.473 e. The second kappa shape index (κ2) is 266. The molecule has 1 aliphatic rings. The minimum Gasteiger partial charge on any atom is -0.473 e. The van der Waals surface area contributed by atoms with E-state index in [9.17, 15) is 0 Å². The number of thiophene rings is 1. The SMILES string of the molecule is C.C.C.C.C.C.C.C.C.C.C.C.C.C.C.C1N=NN=N1.CC.CC.CC.CC.CC.CC.CC.CC.CC.CC.CC.CC.CC.CC.CC.c1c[nH]cn1.c1cc[nH]c1.c1ccc2[nH]ccc2c1.c1ccncc1.c1ccnnc1.c1ccoc1.c1ccoc1.c1ccsc1.c1cn[nH]c1.c1cnccn1.c1cncnc1.c1cnsc1.c1cscn1.c1nc[nH]n1. The highest BCUT2D eigenvalue weighted by Crippen LogP contribution is 2.09. The average molecular weight is 1860 g/mol. The second-order valence-electron chi connectivity index (χ2n) is 13.2. The number of aromatic nitrogens is 18. The van der Waals surface area contributed by atoms with Crippen LogP contribution in [-0.2, 0) is 0 Å². The first-order valence-corrected chi connectivity index (χ1v) is 41.7. The summed E-state index contributed by atoms with van der Waals surface area (Å²) in [6.45, 7) is 60.4. The number of H-pyrrole nitrogens is 5. The Morgan fingerprint density at radius 3 is 0.859 bits per heavy atom. The number of rotatable bonds is 0. The molecule has 15 heterocycles. The normalized spacial score (nSPS) is 6.42. The smallest absolute Gasteiger partial charge is 0.175 e. The van der Waals surface area contributed by atoms with E-state index in [-0.39, 0.29) is 111 Å². The summed E-state index contributed by atoms with van der Waals surface area (Å²) in [5.41, 5.74) is 3.00. The molecule has 128 heavy (non-hydrogen) atoms. The molecule has 0 unspecified atom stereocenters. The Balaban J connectivity index is -0.0000000296. The molecule has 0 bridgehead atoms. The van der Waals surface area contributed by atoms with Crippen LogP contribution in [0.3, 0.4) is 0 Å². The minimum absolute atomic E-state index is 0. The molecule has 754 valence electrons. The summed E-state index contributed by atoms with van der Waals surface area (Å²) in [7, 11) is 0. The van der Waals surface area contributed by atoms with Crippen LogP contribution < -0.4 is 0 Å². The molecule has 5 N–H and O–H groups in total. The predicted molar refractivity (Wildman–Crippen MR) is 595 cm³/mol. The Kier molecular flexibility index (Phi) is 422. The van der Waals surface area contributed by atoms with E-state index >= 15 is 0 Å². The summed E-state index contributed by atoms with van der Waals surface area (Å²) < 4.78 is 12.9. The molecule has 1 aliphatic heterocycles. The van der Waals surface area contributed by atoms with Gasteiger partial charge < -0.3 is 23.8 Å². The molecule has 0 spiro atoms. The minimum atomic E-state index is 0. The van der Waals surface area contributed by atoms with Gasteiger partial charge in [-0.2, -0.15) is 31.7 Å². The van der Waals surface area contributed by atoms with Crippen LogP contribution in [0.15, 0.2) is 352 Å². The highest BCUT2D eigenvalue weighted by atomic mass is 32.1.